The monoisotopic (exact) mass is 210 g/mol. The van der Waals surface area contributed by atoms with Crippen molar-refractivity contribution < 1.29 is 9.18 Å². The number of carbonyl (C=O) groups is 1. The summed E-state index contributed by atoms with van der Waals surface area (Å²) < 4.78 is 13.1. The molecular weight excluding hydrogens is 195 g/mol. The highest BCUT2D eigenvalue weighted by atomic mass is 19.1. The second-order valence-corrected chi connectivity index (χ2v) is 3.65. The third kappa shape index (κ3) is 3.02. The van der Waals surface area contributed by atoms with Gasteiger partial charge in [-0.25, -0.2) is 4.39 Å². The molecule has 0 radical (unpaired) electrons. The van der Waals surface area contributed by atoms with Crippen LogP contribution in [0.3, 0.4) is 0 Å². The lowest BCUT2D eigenvalue weighted by atomic mass is 10.1. The van der Waals surface area contributed by atoms with Gasteiger partial charge in [0.15, 0.2) is 0 Å². The molecule has 3 N–H and O–H groups in total. The van der Waals surface area contributed by atoms with Crippen LogP contribution < -0.4 is 11.1 Å². The van der Waals surface area contributed by atoms with Crippen LogP contribution >= 0.6 is 0 Å². The zero-order valence-corrected chi connectivity index (χ0v) is 8.88. The van der Waals surface area contributed by atoms with Crippen molar-refractivity contribution in [3.63, 3.8) is 0 Å². The van der Waals surface area contributed by atoms with Gasteiger partial charge in [0.05, 0.1) is 0 Å². The Labute approximate surface area is 88.5 Å². The van der Waals surface area contributed by atoms with Crippen LogP contribution in [0.2, 0.25) is 0 Å². The minimum Gasteiger partial charge on any atom is -0.326 e. The maximum absolute atomic E-state index is 13.1. The smallest absolute Gasteiger partial charge is 0.226 e. The van der Waals surface area contributed by atoms with Gasteiger partial charge in [-0.3, -0.25) is 4.79 Å². The van der Waals surface area contributed by atoms with E-state index in [1.165, 1.54) is 12.1 Å². The molecule has 0 fully saturated rings. The van der Waals surface area contributed by atoms with Crippen LogP contribution in [0.4, 0.5) is 10.1 Å². The molecule has 0 saturated heterocycles. The Morgan fingerprint density at radius 2 is 2.20 bits per heavy atom. The van der Waals surface area contributed by atoms with Crippen LogP contribution in [-0.4, -0.2) is 5.91 Å². The van der Waals surface area contributed by atoms with E-state index < -0.39 is 0 Å². The third-order valence-corrected chi connectivity index (χ3v) is 2.06. The van der Waals surface area contributed by atoms with Crippen molar-refractivity contribution in [3.8, 4) is 0 Å². The Bertz CT molecular complexity index is 364. The number of anilines is 1. The predicted molar refractivity (Wildman–Crippen MR) is 57.8 cm³/mol. The first-order chi connectivity index (χ1) is 7.04. The molecule has 0 heterocycles. The van der Waals surface area contributed by atoms with Crippen LogP contribution in [-0.2, 0) is 11.3 Å². The van der Waals surface area contributed by atoms with Crippen molar-refractivity contribution in [2.45, 2.75) is 20.4 Å². The zero-order valence-electron chi connectivity index (χ0n) is 8.88. The van der Waals surface area contributed by atoms with Crippen LogP contribution in [0, 0.1) is 11.7 Å². The quantitative estimate of drug-likeness (QED) is 0.800. The van der Waals surface area contributed by atoms with E-state index in [1.54, 1.807) is 19.9 Å². The number of benzene rings is 1. The molecule has 0 atom stereocenters. The fourth-order valence-electron chi connectivity index (χ4n) is 1.10. The molecule has 0 saturated carbocycles. The molecule has 15 heavy (non-hydrogen) atoms. The third-order valence-electron chi connectivity index (χ3n) is 2.06. The second-order valence-electron chi connectivity index (χ2n) is 3.65. The Morgan fingerprint density at radius 1 is 1.53 bits per heavy atom. The highest BCUT2D eigenvalue weighted by Gasteiger charge is 2.08. The van der Waals surface area contributed by atoms with E-state index in [4.69, 9.17) is 5.73 Å². The minimum absolute atomic E-state index is 0.0930. The number of hydrogen-bond donors (Lipinski definition) is 2. The summed E-state index contributed by atoms with van der Waals surface area (Å²) in [6, 6.07) is 4.38. The summed E-state index contributed by atoms with van der Waals surface area (Å²) in [5.41, 5.74) is 6.34. The number of rotatable bonds is 3. The number of hydrogen-bond acceptors (Lipinski definition) is 2. The van der Waals surface area contributed by atoms with Gasteiger partial charge in [-0.1, -0.05) is 13.8 Å². The lowest BCUT2D eigenvalue weighted by molar-refractivity contribution is -0.118. The molecule has 1 aromatic rings. The van der Waals surface area contributed by atoms with E-state index in [-0.39, 0.29) is 24.2 Å². The van der Waals surface area contributed by atoms with Gasteiger partial charge in [0.25, 0.3) is 0 Å². The van der Waals surface area contributed by atoms with Crippen molar-refractivity contribution in [2.24, 2.45) is 11.7 Å². The summed E-state index contributed by atoms with van der Waals surface area (Å²) in [7, 11) is 0. The van der Waals surface area contributed by atoms with Gasteiger partial charge in [-0.2, -0.15) is 0 Å². The molecular formula is C11H15FN2O. The van der Waals surface area contributed by atoms with Crippen LogP contribution in [0.15, 0.2) is 18.2 Å². The highest BCUT2D eigenvalue weighted by Crippen LogP contribution is 2.15. The van der Waals surface area contributed by atoms with E-state index in [1.807, 2.05) is 0 Å². The molecule has 1 rings (SSSR count). The Hall–Kier alpha value is -1.42. The Balaban J connectivity index is 2.83. The summed E-state index contributed by atoms with van der Waals surface area (Å²) >= 11 is 0. The van der Waals surface area contributed by atoms with Gasteiger partial charge in [0.1, 0.15) is 5.82 Å². The highest BCUT2D eigenvalue weighted by molar-refractivity contribution is 5.92. The largest absolute Gasteiger partial charge is 0.326 e. The molecule has 0 bridgehead atoms. The molecule has 1 amide bonds. The summed E-state index contributed by atoms with van der Waals surface area (Å²) in [6.45, 7) is 3.71. The van der Waals surface area contributed by atoms with Crippen LogP contribution in [0.25, 0.3) is 0 Å². The molecule has 0 aliphatic carbocycles. The molecule has 0 spiro atoms. The predicted octanol–water partition coefficient (Wildman–Crippen LogP) is 1.88. The summed E-state index contributed by atoms with van der Waals surface area (Å²) in [5.74, 6) is -0.541. The van der Waals surface area contributed by atoms with E-state index >= 15 is 0 Å². The molecule has 82 valence electrons. The normalized spacial score (nSPS) is 10.5. The molecule has 0 aliphatic rings. The Kier molecular flexibility index (Phi) is 3.80. The maximum Gasteiger partial charge on any atom is 0.226 e. The average Bonchev–Trinajstić information content (AvgIpc) is 2.20. The second kappa shape index (κ2) is 4.89. The van der Waals surface area contributed by atoms with E-state index in [0.29, 0.717) is 11.3 Å². The standard InChI is InChI=1S/C11H15FN2O/c1-7(2)11(15)14-9-3-4-10(12)8(5-9)6-13/h3-5,7H,6,13H2,1-2H3,(H,14,15). The van der Waals surface area contributed by atoms with Gasteiger partial charge < -0.3 is 11.1 Å². The zero-order chi connectivity index (χ0) is 11.4. The van der Waals surface area contributed by atoms with Crippen molar-refractivity contribution in [1.82, 2.24) is 0 Å². The molecule has 3 nitrogen and oxygen atoms in total. The average molecular weight is 210 g/mol. The van der Waals surface area contributed by atoms with Crippen molar-refractivity contribution >= 4 is 11.6 Å². The molecule has 0 aromatic heterocycles. The lowest BCUT2D eigenvalue weighted by Gasteiger charge is -2.09. The topological polar surface area (TPSA) is 55.1 Å². The maximum atomic E-state index is 13.1. The first-order valence-electron chi connectivity index (χ1n) is 4.84. The molecule has 0 unspecified atom stereocenters. The fraction of sp³-hybridized carbons (Fsp3) is 0.364. The minimum atomic E-state index is -0.347. The van der Waals surface area contributed by atoms with Gasteiger partial charge in [0, 0.05) is 23.7 Å². The van der Waals surface area contributed by atoms with Crippen LogP contribution in [0.5, 0.6) is 0 Å². The molecule has 4 heteroatoms. The van der Waals surface area contributed by atoms with Gasteiger partial charge in [0.2, 0.25) is 5.91 Å². The molecule has 0 aliphatic heterocycles. The number of amides is 1. The van der Waals surface area contributed by atoms with E-state index in [0.717, 1.165) is 0 Å². The number of nitrogens with two attached hydrogens (primary N) is 1. The summed E-state index contributed by atoms with van der Waals surface area (Å²) in [4.78, 5) is 11.4. The van der Waals surface area contributed by atoms with E-state index in [9.17, 15) is 9.18 Å². The lowest BCUT2D eigenvalue weighted by Crippen LogP contribution is -2.18. The van der Waals surface area contributed by atoms with E-state index in [2.05, 4.69) is 5.32 Å². The van der Waals surface area contributed by atoms with Gasteiger partial charge >= 0.3 is 0 Å². The Morgan fingerprint density at radius 3 is 2.73 bits per heavy atom. The summed E-state index contributed by atoms with van der Waals surface area (Å²) in [6.07, 6.45) is 0. The van der Waals surface area contributed by atoms with Crippen LogP contribution in [0.1, 0.15) is 19.4 Å². The van der Waals surface area contributed by atoms with Gasteiger partial charge in [-0.15, -0.1) is 0 Å². The van der Waals surface area contributed by atoms with Crippen molar-refractivity contribution in [1.29, 1.82) is 0 Å². The van der Waals surface area contributed by atoms with Crippen molar-refractivity contribution in [2.75, 3.05) is 5.32 Å². The molecule has 1 aromatic carbocycles. The van der Waals surface area contributed by atoms with Gasteiger partial charge in [-0.05, 0) is 18.2 Å². The fourth-order valence-corrected chi connectivity index (χ4v) is 1.10. The number of nitrogens with one attached hydrogen (secondary N) is 1. The number of halogens is 1. The number of carbonyl (C=O) groups excluding carboxylic acids is 1. The first-order valence-corrected chi connectivity index (χ1v) is 4.84. The first kappa shape index (κ1) is 11.7. The summed E-state index contributed by atoms with van der Waals surface area (Å²) in [5, 5.41) is 2.68. The van der Waals surface area contributed by atoms with Crippen molar-refractivity contribution in [3.05, 3.63) is 29.6 Å². The SMILES string of the molecule is CC(C)C(=O)Nc1ccc(F)c(CN)c1.